The van der Waals surface area contributed by atoms with E-state index in [1.54, 1.807) is 11.3 Å². The van der Waals surface area contributed by atoms with Crippen molar-refractivity contribution in [2.24, 2.45) is 0 Å². The van der Waals surface area contributed by atoms with Gasteiger partial charge in [0.1, 0.15) is 11.6 Å². The maximum Gasteiger partial charge on any atom is 0.170 e. The third-order valence-corrected chi connectivity index (χ3v) is 4.70. The fraction of sp³-hybridized carbons (Fsp3) is 0.400. The molecule has 5 heteroatoms. The Morgan fingerprint density at radius 2 is 2.25 bits per heavy atom. The van der Waals surface area contributed by atoms with Crippen LogP contribution in [0.2, 0.25) is 0 Å². The largest absolute Gasteiger partial charge is 0.347 e. The number of hydrogen-bond donors (Lipinski definition) is 0. The third-order valence-electron chi connectivity index (χ3n) is 4.00. The zero-order valence-electron chi connectivity index (χ0n) is 11.6. The van der Waals surface area contributed by atoms with Crippen LogP contribution in [0.15, 0.2) is 16.8 Å². The van der Waals surface area contributed by atoms with Gasteiger partial charge < -0.3 is 4.90 Å². The molecule has 4 nitrogen and oxygen atoms in total. The monoisotopic (exact) mass is 284 g/mol. The molecule has 0 saturated carbocycles. The van der Waals surface area contributed by atoms with Gasteiger partial charge in [-0.25, -0.2) is 0 Å². The van der Waals surface area contributed by atoms with Crippen molar-refractivity contribution in [3.63, 3.8) is 0 Å². The van der Waals surface area contributed by atoms with Gasteiger partial charge in [-0.05, 0) is 54.6 Å². The predicted molar refractivity (Wildman–Crippen MR) is 79.9 cm³/mol. The molecule has 20 heavy (non-hydrogen) atoms. The smallest absolute Gasteiger partial charge is 0.170 e. The Hall–Kier alpha value is -1.93. The summed E-state index contributed by atoms with van der Waals surface area (Å²) in [5.74, 6) is 0.740. The fourth-order valence-corrected chi connectivity index (χ4v) is 3.47. The first-order valence-corrected chi connectivity index (χ1v) is 7.69. The molecule has 102 valence electrons. The SMILES string of the molecule is Cc1nnc(N2CCC[C@H]2c2ccsc2)c(C#N)c1C. The topological polar surface area (TPSA) is 52.8 Å². The van der Waals surface area contributed by atoms with E-state index in [0.717, 1.165) is 36.5 Å². The van der Waals surface area contributed by atoms with Crippen molar-refractivity contribution in [3.8, 4) is 6.07 Å². The summed E-state index contributed by atoms with van der Waals surface area (Å²) in [7, 11) is 0. The normalized spacial score (nSPS) is 18.2. The molecule has 0 aromatic carbocycles. The zero-order valence-corrected chi connectivity index (χ0v) is 12.4. The van der Waals surface area contributed by atoms with Gasteiger partial charge in [0.05, 0.1) is 11.7 Å². The highest BCUT2D eigenvalue weighted by molar-refractivity contribution is 7.08. The summed E-state index contributed by atoms with van der Waals surface area (Å²) >= 11 is 1.71. The van der Waals surface area contributed by atoms with Crippen molar-refractivity contribution in [1.82, 2.24) is 10.2 Å². The number of aromatic nitrogens is 2. The molecule has 3 heterocycles. The van der Waals surface area contributed by atoms with E-state index < -0.39 is 0 Å². The zero-order chi connectivity index (χ0) is 14.1. The van der Waals surface area contributed by atoms with Crippen LogP contribution in [-0.4, -0.2) is 16.7 Å². The van der Waals surface area contributed by atoms with E-state index in [4.69, 9.17) is 0 Å². The minimum absolute atomic E-state index is 0.324. The second kappa shape index (κ2) is 5.22. The number of rotatable bonds is 2. The second-order valence-electron chi connectivity index (χ2n) is 5.13. The Morgan fingerprint density at radius 1 is 1.40 bits per heavy atom. The number of anilines is 1. The molecule has 2 aromatic heterocycles. The van der Waals surface area contributed by atoms with Gasteiger partial charge in [0, 0.05) is 6.54 Å². The number of aryl methyl sites for hydroxylation is 1. The van der Waals surface area contributed by atoms with Gasteiger partial charge in [-0.3, -0.25) is 0 Å². The predicted octanol–water partition coefficient (Wildman–Crippen LogP) is 3.37. The number of nitriles is 1. The van der Waals surface area contributed by atoms with Gasteiger partial charge in [-0.15, -0.1) is 5.10 Å². The minimum Gasteiger partial charge on any atom is -0.347 e. The maximum absolute atomic E-state index is 9.46. The summed E-state index contributed by atoms with van der Waals surface area (Å²) < 4.78 is 0. The Bertz CT molecular complexity index is 657. The summed E-state index contributed by atoms with van der Waals surface area (Å²) in [5.41, 5.74) is 3.75. The average molecular weight is 284 g/mol. The Balaban J connectivity index is 2.05. The molecule has 0 unspecified atom stereocenters. The van der Waals surface area contributed by atoms with Gasteiger partial charge in [0.15, 0.2) is 5.82 Å². The van der Waals surface area contributed by atoms with E-state index in [9.17, 15) is 5.26 Å². The van der Waals surface area contributed by atoms with E-state index in [2.05, 4.69) is 38.0 Å². The second-order valence-corrected chi connectivity index (χ2v) is 5.91. The Labute approximate surface area is 122 Å². The van der Waals surface area contributed by atoms with E-state index in [-0.39, 0.29) is 0 Å². The fourth-order valence-electron chi connectivity index (χ4n) is 2.76. The van der Waals surface area contributed by atoms with E-state index in [1.165, 1.54) is 5.56 Å². The van der Waals surface area contributed by atoms with Crippen molar-refractivity contribution < 1.29 is 0 Å². The van der Waals surface area contributed by atoms with Crippen LogP contribution in [0.1, 0.15) is 41.3 Å². The lowest BCUT2D eigenvalue weighted by Gasteiger charge is -2.26. The first-order chi connectivity index (χ1) is 9.72. The lowest BCUT2D eigenvalue weighted by atomic mass is 10.1. The van der Waals surface area contributed by atoms with Crippen LogP contribution in [0.25, 0.3) is 0 Å². The van der Waals surface area contributed by atoms with Gasteiger partial charge in [-0.2, -0.15) is 21.7 Å². The van der Waals surface area contributed by atoms with Crippen molar-refractivity contribution in [2.75, 3.05) is 11.4 Å². The van der Waals surface area contributed by atoms with E-state index in [1.807, 2.05) is 13.8 Å². The first kappa shape index (κ1) is 13.1. The van der Waals surface area contributed by atoms with Crippen molar-refractivity contribution >= 4 is 17.2 Å². The molecule has 1 saturated heterocycles. The number of thiophene rings is 1. The van der Waals surface area contributed by atoms with Crippen LogP contribution in [0, 0.1) is 25.2 Å². The van der Waals surface area contributed by atoms with Gasteiger partial charge in [0.25, 0.3) is 0 Å². The molecule has 1 atom stereocenters. The molecule has 1 aliphatic rings. The van der Waals surface area contributed by atoms with Crippen molar-refractivity contribution in [3.05, 3.63) is 39.2 Å². The molecular formula is C15H16N4S. The van der Waals surface area contributed by atoms with Crippen LogP contribution in [-0.2, 0) is 0 Å². The van der Waals surface area contributed by atoms with Crippen LogP contribution in [0.5, 0.6) is 0 Å². The summed E-state index contributed by atoms with van der Waals surface area (Å²) in [6, 6.07) is 4.79. The summed E-state index contributed by atoms with van der Waals surface area (Å²) in [6.07, 6.45) is 2.23. The highest BCUT2D eigenvalue weighted by Crippen LogP contribution is 2.37. The standard InChI is InChI=1S/C15H16N4S/c1-10-11(2)17-18-15(13(10)8-16)19-6-3-4-14(19)12-5-7-20-9-12/h5,7,9,14H,3-4,6H2,1-2H3/t14-/m0/s1. The maximum atomic E-state index is 9.46. The molecule has 2 aromatic rings. The highest BCUT2D eigenvalue weighted by Gasteiger charge is 2.30. The van der Waals surface area contributed by atoms with E-state index >= 15 is 0 Å². The molecular weight excluding hydrogens is 268 g/mol. The van der Waals surface area contributed by atoms with Crippen LogP contribution in [0.4, 0.5) is 5.82 Å². The van der Waals surface area contributed by atoms with Crippen LogP contribution in [0.3, 0.4) is 0 Å². The van der Waals surface area contributed by atoms with Gasteiger partial charge in [-0.1, -0.05) is 0 Å². The first-order valence-electron chi connectivity index (χ1n) is 6.75. The summed E-state index contributed by atoms with van der Waals surface area (Å²) in [6.45, 7) is 4.78. The summed E-state index contributed by atoms with van der Waals surface area (Å²) in [5, 5.41) is 22.3. The minimum atomic E-state index is 0.324. The molecule has 0 spiro atoms. The van der Waals surface area contributed by atoms with Crippen LogP contribution >= 0.6 is 11.3 Å². The van der Waals surface area contributed by atoms with Gasteiger partial charge in [0.2, 0.25) is 0 Å². The molecule has 0 radical (unpaired) electrons. The molecule has 3 rings (SSSR count). The highest BCUT2D eigenvalue weighted by atomic mass is 32.1. The molecule has 0 amide bonds. The molecule has 0 aliphatic carbocycles. The Kier molecular flexibility index (Phi) is 3.41. The lowest BCUT2D eigenvalue weighted by Crippen LogP contribution is -2.25. The lowest BCUT2D eigenvalue weighted by molar-refractivity contribution is 0.705. The molecule has 1 aliphatic heterocycles. The average Bonchev–Trinajstić information content (AvgIpc) is 3.10. The van der Waals surface area contributed by atoms with E-state index in [0.29, 0.717) is 11.6 Å². The molecule has 1 fully saturated rings. The molecule has 0 bridgehead atoms. The third kappa shape index (κ3) is 2.06. The van der Waals surface area contributed by atoms with Gasteiger partial charge >= 0.3 is 0 Å². The van der Waals surface area contributed by atoms with Crippen molar-refractivity contribution in [2.45, 2.75) is 32.7 Å². The number of hydrogen-bond acceptors (Lipinski definition) is 5. The molecule has 0 N–H and O–H groups in total. The van der Waals surface area contributed by atoms with Crippen LogP contribution < -0.4 is 4.90 Å². The summed E-state index contributed by atoms with van der Waals surface area (Å²) in [4.78, 5) is 2.24. The quantitative estimate of drug-likeness (QED) is 0.848. The Morgan fingerprint density at radius 3 is 2.95 bits per heavy atom. The van der Waals surface area contributed by atoms with Crippen molar-refractivity contribution in [1.29, 1.82) is 5.26 Å². The number of nitrogens with zero attached hydrogens (tertiary/aromatic N) is 4.